The number of hydrogen-bond acceptors (Lipinski definition) is 3. The Morgan fingerprint density at radius 2 is 1.96 bits per heavy atom. The second kappa shape index (κ2) is 7.87. The molecule has 0 aliphatic carbocycles. The minimum Gasteiger partial charge on any atom is -0.481 e. The van der Waals surface area contributed by atoms with Gasteiger partial charge in [-0.05, 0) is 30.9 Å². The maximum Gasteiger partial charge on any atom is 0.317 e. The number of carbonyl (C=O) groups excluding carboxylic acids is 1. The fourth-order valence-corrected chi connectivity index (χ4v) is 3.88. The van der Waals surface area contributed by atoms with Gasteiger partial charge in [-0.3, -0.25) is 9.69 Å². The Morgan fingerprint density at radius 1 is 1.20 bits per heavy atom. The first kappa shape index (κ1) is 17.7. The fourth-order valence-electron chi connectivity index (χ4n) is 3.88. The molecule has 6 heteroatoms. The maximum atomic E-state index is 12.5. The molecule has 1 unspecified atom stereocenters. The van der Waals surface area contributed by atoms with Crippen molar-refractivity contribution in [1.82, 2.24) is 15.1 Å². The van der Waals surface area contributed by atoms with E-state index in [1.807, 2.05) is 25.1 Å². The van der Waals surface area contributed by atoms with Crippen LogP contribution in [0.1, 0.15) is 25.3 Å². The number of amides is 2. The Morgan fingerprint density at radius 3 is 2.64 bits per heavy atom. The topological polar surface area (TPSA) is 72.9 Å². The Kier molecular flexibility index (Phi) is 5.58. The summed E-state index contributed by atoms with van der Waals surface area (Å²) in [6.45, 7) is 5.50. The highest BCUT2D eigenvalue weighted by Gasteiger charge is 2.37. The largest absolute Gasteiger partial charge is 0.481 e. The van der Waals surface area contributed by atoms with E-state index in [1.165, 1.54) is 5.56 Å². The number of piperidine rings is 1. The molecule has 2 saturated heterocycles. The zero-order valence-electron chi connectivity index (χ0n) is 14.7. The van der Waals surface area contributed by atoms with Gasteiger partial charge in [-0.25, -0.2) is 4.79 Å². The second-order valence-corrected chi connectivity index (χ2v) is 7.34. The molecular weight excluding hydrogens is 318 g/mol. The number of hydrogen-bond donors (Lipinski definition) is 2. The summed E-state index contributed by atoms with van der Waals surface area (Å²) < 4.78 is 0. The van der Waals surface area contributed by atoms with Gasteiger partial charge in [0.15, 0.2) is 0 Å². The molecule has 0 spiro atoms. The van der Waals surface area contributed by atoms with Gasteiger partial charge < -0.3 is 15.3 Å². The Balaban J connectivity index is 1.51. The van der Waals surface area contributed by atoms with Gasteiger partial charge in [-0.1, -0.05) is 37.3 Å². The van der Waals surface area contributed by atoms with Crippen molar-refractivity contribution in [2.75, 3.05) is 26.2 Å². The van der Waals surface area contributed by atoms with Gasteiger partial charge in [0.05, 0.1) is 5.92 Å². The number of nitrogens with zero attached hydrogens (tertiary/aromatic N) is 2. The standard InChI is InChI=1S/C19H27N3O3/c1-14-10-22(13-17(14)18(23)24)19(25)20-16-8-5-9-21(12-16)11-15-6-3-2-4-7-15/h2-4,6-7,14,16-17H,5,8-13H2,1H3,(H,20,25)(H,23,24)/t14-,16?,17-/m1/s1. The van der Waals surface area contributed by atoms with Crippen LogP contribution in [-0.2, 0) is 11.3 Å². The van der Waals surface area contributed by atoms with E-state index in [0.717, 1.165) is 32.5 Å². The third-order valence-electron chi connectivity index (χ3n) is 5.30. The molecule has 0 saturated carbocycles. The van der Waals surface area contributed by atoms with Crippen molar-refractivity contribution in [3.05, 3.63) is 35.9 Å². The number of aliphatic carboxylic acids is 1. The van der Waals surface area contributed by atoms with Crippen LogP contribution in [0.4, 0.5) is 4.79 Å². The lowest BCUT2D eigenvalue weighted by molar-refractivity contribution is -0.142. The summed E-state index contributed by atoms with van der Waals surface area (Å²) in [6.07, 6.45) is 2.04. The molecule has 2 amide bonds. The summed E-state index contributed by atoms with van der Waals surface area (Å²) in [5.41, 5.74) is 1.28. The molecule has 3 atom stereocenters. The van der Waals surface area contributed by atoms with Crippen LogP contribution in [0.5, 0.6) is 0 Å². The third-order valence-corrected chi connectivity index (χ3v) is 5.30. The highest BCUT2D eigenvalue weighted by atomic mass is 16.4. The summed E-state index contributed by atoms with van der Waals surface area (Å²) >= 11 is 0. The molecule has 2 aliphatic rings. The summed E-state index contributed by atoms with van der Waals surface area (Å²) in [7, 11) is 0. The zero-order valence-corrected chi connectivity index (χ0v) is 14.7. The number of carboxylic acids is 1. The number of nitrogens with one attached hydrogen (secondary N) is 1. The van der Waals surface area contributed by atoms with E-state index in [9.17, 15) is 14.7 Å². The predicted octanol–water partition coefficient (Wildman–Crippen LogP) is 2.01. The number of likely N-dealkylation sites (tertiary alicyclic amines) is 2. The molecule has 1 aromatic rings. The van der Waals surface area contributed by atoms with Crippen molar-refractivity contribution in [3.8, 4) is 0 Å². The van der Waals surface area contributed by atoms with E-state index in [2.05, 4.69) is 22.3 Å². The van der Waals surface area contributed by atoms with Gasteiger partial charge in [-0.2, -0.15) is 0 Å². The smallest absolute Gasteiger partial charge is 0.317 e. The first-order valence-electron chi connectivity index (χ1n) is 9.07. The number of carboxylic acid groups (broad SMARTS) is 1. The van der Waals surface area contributed by atoms with E-state index >= 15 is 0 Å². The van der Waals surface area contributed by atoms with Crippen LogP contribution >= 0.6 is 0 Å². The average Bonchev–Trinajstić information content (AvgIpc) is 2.98. The zero-order chi connectivity index (χ0) is 17.8. The molecule has 0 radical (unpaired) electrons. The molecule has 3 rings (SSSR count). The summed E-state index contributed by atoms with van der Waals surface area (Å²) in [5, 5.41) is 12.3. The van der Waals surface area contributed by atoms with Gasteiger partial charge in [0.25, 0.3) is 0 Å². The minimum atomic E-state index is -0.811. The molecule has 2 N–H and O–H groups in total. The van der Waals surface area contributed by atoms with Crippen LogP contribution < -0.4 is 5.32 Å². The van der Waals surface area contributed by atoms with Crippen molar-refractivity contribution in [2.24, 2.45) is 11.8 Å². The van der Waals surface area contributed by atoms with E-state index in [4.69, 9.17) is 0 Å². The minimum absolute atomic E-state index is 0.00387. The monoisotopic (exact) mass is 345 g/mol. The lowest BCUT2D eigenvalue weighted by Crippen LogP contribution is -2.51. The number of rotatable bonds is 4. The van der Waals surface area contributed by atoms with Gasteiger partial charge in [0, 0.05) is 32.2 Å². The van der Waals surface area contributed by atoms with Crippen LogP contribution in [0, 0.1) is 11.8 Å². The molecule has 25 heavy (non-hydrogen) atoms. The highest BCUT2D eigenvalue weighted by molar-refractivity contribution is 5.77. The molecule has 2 heterocycles. The van der Waals surface area contributed by atoms with E-state index < -0.39 is 11.9 Å². The van der Waals surface area contributed by atoms with Crippen molar-refractivity contribution in [3.63, 3.8) is 0 Å². The maximum absolute atomic E-state index is 12.5. The van der Waals surface area contributed by atoms with Crippen LogP contribution in [0.3, 0.4) is 0 Å². The first-order valence-corrected chi connectivity index (χ1v) is 9.07. The predicted molar refractivity (Wildman–Crippen MR) is 95.1 cm³/mol. The number of carbonyl (C=O) groups is 2. The molecule has 1 aromatic carbocycles. The molecule has 2 aliphatic heterocycles. The van der Waals surface area contributed by atoms with Crippen LogP contribution in [0.15, 0.2) is 30.3 Å². The quantitative estimate of drug-likeness (QED) is 0.876. The number of urea groups is 1. The molecule has 0 bridgehead atoms. The normalized spacial score (nSPS) is 27.2. The van der Waals surface area contributed by atoms with Crippen LogP contribution in [0.2, 0.25) is 0 Å². The summed E-state index contributed by atoms with van der Waals surface area (Å²) in [4.78, 5) is 27.7. The Labute approximate surface area is 148 Å². The van der Waals surface area contributed by atoms with Crippen molar-refractivity contribution >= 4 is 12.0 Å². The Hall–Kier alpha value is -2.08. The third kappa shape index (κ3) is 4.51. The van der Waals surface area contributed by atoms with Crippen molar-refractivity contribution in [1.29, 1.82) is 0 Å². The van der Waals surface area contributed by atoms with Crippen LogP contribution in [-0.4, -0.2) is 59.1 Å². The number of benzene rings is 1. The van der Waals surface area contributed by atoms with Gasteiger partial charge >= 0.3 is 12.0 Å². The second-order valence-electron chi connectivity index (χ2n) is 7.34. The molecule has 136 valence electrons. The lowest BCUT2D eigenvalue weighted by atomic mass is 9.99. The van der Waals surface area contributed by atoms with E-state index in [0.29, 0.717) is 13.1 Å². The fraction of sp³-hybridized carbons (Fsp3) is 0.579. The van der Waals surface area contributed by atoms with Gasteiger partial charge in [-0.15, -0.1) is 0 Å². The van der Waals surface area contributed by atoms with E-state index in [1.54, 1.807) is 4.90 Å². The molecule has 0 aromatic heterocycles. The van der Waals surface area contributed by atoms with Crippen molar-refractivity contribution in [2.45, 2.75) is 32.4 Å². The van der Waals surface area contributed by atoms with Crippen LogP contribution in [0.25, 0.3) is 0 Å². The lowest BCUT2D eigenvalue weighted by Gasteiger charge is -2.34. The van der Waals surface area contributed by atoms with Gasteiger partial charge in [0.2, 0.25) is 0 Å². The Bertz CT molecular complexity index is 607. The molecular formula is C19H27N3O3. The van der Waals surface area contributed by atoms with E-state index in [-0.39, 0.29) is 18.0 Å². The molecule has 2 fully saturated rings. The van der Waals surface area contributed by atoms with Gasteiger partial charge in [0.1, 0.15) is 0 Å². The summed E-state index contributed by atoms with van der Waals surface area (Å²) in [5.74, 6) is -1.26. The highest BCUT2D eigenvalue weighted by Crippen LogP contribution is 2.23. The average molecular weight is 345 g/mol. The van der Waals surface area contributed by atoms with Crippen molar-refractivity contribution < 1.29 is 14.7 Å². The molecule has 6 nitrogen and oxygen atoms in total. The SMILES string of the molecule is C[C@@H]1CN(C(=O)NC2CCCN(Cc3ccccc3)C2)C[C@H]1C(=O)O. The first-order chi connectivity index (χ1) is 12.0. The summed E-state index contributed by atoms with van der Waals surface area (Å²) in [6, 6.07) is 10.4.